The van der Waals surface area contributed by atoms with Crippen molar-refractivity contribution < 1.29 is 19.4 Å². The van der Waals surface area contributed by atoms with E-state index in [-0.39, 0.29) is 5.41 Å². The first-order valence-corrected chi connectivity index (χ1v) is 17.8. The number of aliphatic hydroxyl groups excluding tert-OH is 1. The Morgan fingerprint density at radius 2 is 1.47 bits per heavy atom. The molecule has 0 aromatic heterocycles. The highest BCUT2D eigenvalue weighted by atomic mass is 28.3. The molecule has 0 aliphatic heterocycles. The number of aliphatic hydroxyl groups is 1. The molecular formula is C31H58O4Si. The van der Waals surface area contributed by atoms with Crippen LogP contribution in [0.3, 0.4) is 0 Å². The molecule has 210 valence electrons. The van der Waals surface area contributed by atoms with E-state index in [9.17, 15) is 9.90 Å². The summed E-state index contributed by atoms with van der Waals surface area (Å²) in [6.07, 6.45) is 3.71. The van der Waals surface area contributed by atoms with Crippen LogP contribution < -0.4 is 0 Å². The highest BCUT2D eigenvalue weighted by Gasteiger charge is 2.60. The van der Waals surface area contributed by atoms with E-state index in [0.29, 0.717) is 29.1 Å². The zero-order valence-electron chi connectivity index (χ0n) is 25.4. The lowest BCUT2D eigenvalue weighted by Gasteiger charge is -2.63. The number of ether oxygens (including phenoxy) is 2. The lowest BCUT2D eigenvalue weighted by Crippen LogP contribution is -2.60. The second kappa shape index (κ2) is 10.5. The third-order valence-electron chi connectivity index (χ3n) is 11.9. The molecule has 36 heavy (non-hydrogen) atoms. The van der Waals surface area contributed by atoms with E-state index in [1.54, 1.807) is 0 Å². The first-order chi connectivity index (χ1) is 16.6. The third-order valence-corrected chi connectivity index (χ3v) is 18.3. The molecule has 3 aliphatic rings. The van der Waals surface area contributed by atoms with E-state index < -0.39 is 32.0 Å². The van der Waals surface area contributed by atoms with Crippen molar-refractivity contribution in [1.29, 1.82) is 0 Å². The molecule has 2 bridgehead atoms. The normalized spacial score (nSPS) is 41.0. The fourth-order valence-electron chi connectivity index (χ4n) is 9.63. The van der Waals surface area contributed by atoms with Gasteiger partial charge in [0.25, 0.3) is 0 Å². The summed E-state index contributed by atoms with van der Waals surface area (Å²) >= 11 is 0. The molecule has 0 amide bonds. The van der Waals surface area contributed by atoms with Gasteiger partial charge in [-0.15, -0.1) is 0 Å². The maximum atomic E-state index is 12.6. The first-order valence-electron chi connectivity index (χ1n) is 15.1. The van der Waals surface area contributed by atoms with Crippen LogP contribution >= 0.6 is 0 Å². The van der Waals surface area contributed by atoms with Crippen LogP contribution in [0.5, 0.6) is 0 Å². The van der Waals surface area contributed by atoms with Crippen molar-refractivity contribution in [3.8, 4) is 0 Å². The van der Waals surface area contributed by atoms with Crippen molar-refractivity contribution in [3.05, 3.63) is 0 Å². The van der Waals surface area contributed by atoms with Gasteiger partial charge in [-0.3, -0.25) is 0 Å². The van der Waals surface area contributed by atoms with E-state index in [2.05, 4.69) is 55.4 Å². The minimum absolute atomic E-state index is 0.242. The minimum Gasteiger partial charge on any atom is -0.429 e. The summed E-state index contributed by atoms with van der Waals surface area (Å²) in [5, 5.41) is 11.8. The Hall–Kier alpha value is -0.553. The van der Waals surface area contributed by atoms with Crippen LogP contribution in [0.25, 0.3) is 0 Å². The Kier molecular flexibility index (Phi) is 8.79. The SMILES string of the molecule is CC[Si](CC)(CC)C1C[C@@H](C)[C@@H]2CC[C@]3(C)C(O)C(OC(=O)OC(C)(C)C)C[C@@H](C)[C@H]3C[C@H]1C2(C)C. The summed E-state index contributed by atoms with van der Waals surface area (Å²) in [5.41, 5.74) is 0.349. The lowest BCUT2D eigenvalue weighted by atomic mass is 9.47. The van der Waals surface area contributed by atoms with E-state index >= 15 is 0 Å². The third kappa shape index (κ3) is 5.31. The molecule has 0 saturated heterocycles. The molecule has 3 aliphatic carbocycles. The van der Waals surface area contributed by atoms with Crippen molar-refractivity contribution >= 4 is 14.2 Å². The van der Waals surface area contributed by atoms with Gasteiger partial charge in [0, 0.05) is 5.41 Å². The highest BCUT2D eigenvalue weighted by Crippen LogP contribution is 2.65. The number of hydrogen-bond acceptors (Lipinski definition) is 4. The van der Waals surface area contributed by atoms with Crippen LogP contribution in [-0.4, -0.2) is 37.1 Å². The van der Waals surface area contributed by atoms with Gasteiger partial charge in [0.2, 0.25) is 0 Å². The van der Waals surface area contributed by atoms with Crippen LogP contribution in [-0.2, 0) is 9.47 Å². The molecule has 3 rings (SSSR count). The van der Waals surface area contributed by atoms with Gasteiger partial charge >= 0.3 is 6.16 Å². The Morgan fingerprint density at radius 3 is 2.00 bits per heavy atom. The molecular weight excluding hydrogens is 464 g/mol. The summed E-state index contributed by atoms with van der Waals surface area (Å²) in [6, 6.07) is 4.17. The lowest BCUT2D eigenvalue weighted by molar-refractivity contribution is -0.174. The van der Waals surface area contributed by atoms with Gasteiger partial charge in [0.05, 0.1) is 14.2 Å². The van der Waals surface area contributed by atoms with Gasteiger partial charge in [-0.1, -0.05) is 73.5 Å². The molecule has 3 saturated carbocycles. The molecule has 0 spiro atoms. The van der Waals surface area contributed by atoms with Gasteiger partial charge in [-0.2, -0.15) is 0 Å². The molecule has 0 aromatic carbocycles. The van der Waals surface area contributed by atoms with Gasteiger partial charge in [-0.05, 0) is 93.4 Å². The average Bonchev–Trinajstić information content (AvgIpc) is 2.76. The summed E-state index contributed by atoms with van der Waals surface area (Å²) in [7, 11) is -1.39. The number of carbonyl (C=O) groups excluding carboxylic acids is 1. The number of carbonyl (C=O) groups is 1. The fraction of sp³-hybridized carbons (Fsp3) is 0.968. The summed E-state index contributed by atoms with van der Waals surface area (Å²) < 4.78 is 11.3. The minimum atomic E-state index is -1.39. The van der Waals surface area contributed by atoms with E-state index in [1.807, 2.05) is 20.8 Å². The van der Waals surface area contributed by atoms with Crippen molar-refractivity contribution in [3.63, 3.8) is 0 Å². The zero-order chi connectivity index (χ0) is 27.3. The zero-order valence-corrected chi connectivity index (χ0v) is 26.4. The summed E-state index contributed by atoms with van der Waals surface area (Å²) in [5.74, 6) is 2.98. The molecule has 0 aromatic rings. The highest BCUT2D eigenvalue weighted by molar-refractivity contribution is 6.81. The second-order valence-corrected chi connectivity index (χ2v) is 20.5. The van der Waals surface area contributed by atoms with E-state index in [4.69, 9.17) is 9.47 Å². The monoisotopic (exact) mass is 522 g/mol. The van der Waals surface area contributed by atoms with Crippen LogP contribution in [0, 0.1) is 40.4 Å². The number of rotatable bonds is 5. The quantitative estimate of drug-likeness (QED) is 0.290. The molecule has 4 nitrogen and oxygen atoms in total. The Balaban J connectivity index is 1.97. The molecule has 3 unspecified atom stereocenters. The van der Waals surface area contributed by atoms with Gasteiger partial charge in [0.1, 0.15) is 11.7 Å². The summed E-state index contributed by atoms with van der Waals surface area (Å²) in [4.78, 5) is 12.6. The molecule has 3 fully saturated rings. The van der Waals surface area contributed by atoms with Crippen molar-refractivity contribution in [2.24, 2.45) is 40.4 Å². The molecule has 0 radical (unpaired) electrons. The number of fused-ring (bicyclic) bond motifs is 3. The van der Waals surface area contributed by atoms with Crippen LogP contribution in [0.2, 0.25) is 23.7 Å². The predicted octanol–water partition coefficient (Wildman–Crippen LogP) is 8.69. The van der Waals surface area contributed by atoms with Gasteiger partial charge in [-0.25, -0.2) is 4.79 Å². The van der Waals surface area contributed by atoms with Crippen molar-refractivity contribution in [1.82, 2.24) is 0 Å². The topological polar surface area (TPSA) is 55.8 Å². The largest absolute Gasteiger partial charge is 0.509 e. The smallest absolute Gasteiger partial charge is 0.429 e. The van der Waals surface area contributed by atoms with Gasteiger partial charge < -0.3 is 14.6 Å². The van der Waals surface area contributed by atoms with E-state index in [1.165, 1.54) is 31.0 Å². The number of hydrogen-bond donors (Lipinski definition) is 1. The molecule has 9 atom stereocenters. The maximum Gasteiger partial charge on any atom is 0.509 e. The van der Waals surface area contributed by atoms with Crippen LogP contribution in [0.1, 0.15) is 108 Å². The molecule has 5 heteroatoms. The van der Waals surface area contributed by atoms with Crippen LogP contribution in [0.4, 0.5) is 4.79 Å². The maximum absolute atomic E-state index is 12.6. The van der Waals surface area contributed by atoms with Crippen molar-refractivity contribution in [2.45, 2.75) is 150 Å². The Labute approximate surface area is 223 Å². The van der Waals surface area contributed by atoms with Gasteiger partial charge in [0.15, 0.2) is 0 Å². The van der Waals surface area contributed by atoms with E-state index in [0.717, 1.165) is 30.7 Å². The average molecular weight is 523 g/mol. The first kappa shape index (κ1) is 30.0. The van der Waals surface area contributed by atoms with Crippen LogP contribution in [0.15, 0.2) is 0 Å². The standard InChI is InChI=1S/C31H58O4Si/c1-12-36(13-2,14-3)26-18-21(5)22-15-16-31(11)23(19-24(26)30(22,9)10)20(4)17-25(27(31)32)34-28(33)35-29(6,7)8/h20-27,32H,12-19H2,1-11H3/t20-,21-,22+,23-,24-,25?,26?,27?,31+/m1/s1. The fourth-order valence-corrected chi connectivity index (χ4v) is 15.0. The Bertz CT molecular complexity index is 761. The molecule has 0 heterocycles. The van der Waals surface area contributed by atoms with Crippen molar-refractivity contribution in [2.75, 3.05) is 0 Å². The second-order valence-electron chi connectivity index (χ2n) is 14.9. The predicted molar refractivity (Wildman–Crippen MR) is 152 cm³/mol. The Morgan fingerprint density at radius 1 is 0.917 bits per heavy atom. The summed E-state index contributed by atoms with van der Waals surface area (Å²) in [6.45, 7) is 25.3. The molecule has 1 N–H and O–H groups in total.